The fraction of sp³-hybridized carbons (Fsp3) is 0.273. The molecular weight excluding hydrogens is 418 g/mol. The van der Waals surface area contributed by atoms with Gasteiger partial charge < -0.3 is 32.5 Å². The number of carboxylic acids is 3. The minimum Gasteiger partial charge on any atom is -0.481 e. The summed E-state index contributed by atoms with van der Waals surface area (Å²) in [7, 11) is 0. The molecule has 0 aliphatic carbocycles. The maximum absolute atomic E-state index is 12.1. The Hall–Kier alpha value is -3.60. The second-order valence-electron chi connectivity index (χ2n) is 7.01. The molecule has 172 valence electrons. The minimum absolute atomic E-state index is 0.0307. The number of ketones is 1. The van der Waals surface area contributed by atoms with Crippen molar-refractivity contribution in [3.05, 3.63) is 71.3 Å². The summed E-state index contributed by atoms with van der Waals surface area (Å²) in [5, 5.41) is 25.9. The second-order valence-corrected chi connectivity index (χ2v) is 7.01. The average molecular weight is 445 g/mol. The molecule has 9 N–H and O–H groups in total. The Bertz CT molecular complexity index is 934. The summed E-state index contributed by atoms with van der Waals surface area (Å²) >= 11 is 0. The molecule has 0 aliphatic heterocycles. The molecule has 0 fully saturated rings. The van der Waals surface area contributed by atoms with E-state index in [1.165, 1.54) is 6.07 Å². The zero-order valence-electron chi connectivity index (χ0n) is 17.3. The molecule has 0 aliphatic rings. The van der Waals surface area contributed by atoms with E-state index in [9.17, 15) is 19.2 Å². The topological polar surface area (TPSA) is 207 Å². The first-order valence-corrected chi connectivity index (χ1v) is 9.63. The molecule has 0 saturated carbocycles. The van der Waals surface area contributed by atoms with Crippen LogP contribution in [-0.2, 0) is 27.2 Å². The van der Waals surface area contributed by atoms with E-state index in [4.69, 9.17) is 32.5 Å². The molecule has 0 heterocycles. The summed E-state index contributed by atoms with van der Waals surface area (Å²) in [6.45, 7) is 0. The van der Waals surface area contributed by atoms with Crippen LogP contribution in [0.5, 0.6) is 0 Å². The van der Waals surface area contributed by atoms with E-state index in [0.29, 0.717) is 12.0 Å². The van der Waals surface area contributed by atoms with Gasteiger partial charge in [0.05, 0.1) is 12.5 Å². The smallest absolute Gasteiger partial charge is 0.320 e. The van der Waals surface area contributed by atoms with Gasteiger partial charge in [-0.2, -0.15) is 0 Å². The van der Waals surface area contributed by atoms with Crippen LogP contribution >= 0.6 is 0 Å². The zero-order chi connectivity index (χ0) is 24.3. The Morgan fingerprint density at radius 2 is 1.19 bits per heavy atom. The summed E-state index contributed by atoms with van der Waals surface area (Å²) in [6.07, 6.45) is -0.134. The van der Waals surface area contributed by atoms with Crippen molar-refractivity contribution in [2.75, 3.05) is 0 Å². The molecular formula is C22H27N3O7. The van der Waals surface area contributed by atoms with E-state index < -0.39 is 48.2 Å². The summed E-state index contributed by atoms with van der Waals surface area (Å²) < 4.78 is 0. The number of nitrogens with two attached hydrogens (primary N) is 3. The van der Waals surface area contributed by atoms with E-state index in [2.05, 4.69) is 0 Å². The van der Waals surface area contributed by atoms with Crippen molar-refractivity contribution in [3.63, 3.8) is 0 Å². The molecule has 0 amide bonds. The molecule has 10 nitrogen and oxygen atoms in total. The zero-order valence-corrected chi connectivity index (χ0v) is 17.3. The lowest BCUT2D eigenvalue weighted by Crippen LogP contribution is -2.35. The van der Waals surface area contributed by atoms with Crippen LogP contribution < -0.4 is 17.2 Å². The molecule has 3 atom stereocenters. The summed E-state index contributed by atoms with van der Waals surface area (Å²) in [5.74, 6) is -3.85. The van der Waals surface area contributed by atoms with Crippen LogP contribution in [0.3, 0.4) is 0 Å². The van der Waals surface area contributed by atoms with Crippen molar-refractivity contribution in [1.29, 1.82) is 0 Å². The summed E-state index contributed by atoms with van der Waals surface area (Å²) in [5.41, 5.74) is 17.9. The summed E-state index contributed by atoms with van der Waals surface area (Å²) in [6, 6.07) is 12.5. The van der Waals surface area contributed by atoms with Crippen molar-refractivity contribution >= 4 is 23.7 Å². The number of benzene rings is 2. The quantitative estimate of drug-likeness (QED) is 0.275. The van der Waals surface area contributed by atoms with Gasteiger partial charge in [-0.25, -0.2) is 0 Å². The van der Waals surface area contributed by atoms with Gasteiger partial charge in [0.15, 0.2) is 5.78 Å². The average Bonchev–Trinajstić information content (AvgIpc) is 2.74. The van der Waals surface area contributed by atoms with Crippen molar-refractivity contribution in [1.82, 2.24) is 0 Å². The maximum Gasteiger partial charge on any atom is 0.320 e. The Morgan fingerprint density at radius 1 is 0.688 bits per heavy atom. The minimum atomic E-state index is -1.18. The lowest BCUT2D eigenvalue weighted by Gasteiger charge is -2.14. The number of aliphatic carboxylic acids is 3. The van der Waals surface area contributed by atoms with Crippen LogP contribution in [0.15, 0.2) is 54.6 Å². The number of hydrogen-bond acceptors (Lipinski definition) is 7. The summed E-state index contributed by atoms with van der Waals surface area (Å²) in [4.78, 5) is 43.8. The monoisotopic (exact) mass is 445 g/mol. The second kappa shape index (κ2) is 13.0. The predicted octanol–water partition coefficient (Wildman–Crippen LogP) is 0.267. The molecule has 0 aromatic heterocycles. The fourth-order valence-corrected chi connectivity index (χ4v) is 2.70. The normalized spacial score (nSPS) is 13.1. The van der Waals surface area contributed by atoms with E-state index >= 15 is 0 Å². The van der Waals surface area contributed by atoms with Crippen molar-refractivity contribution in [2.45, 2.75) is 37.4 Å². The number of Topliss-reactive ketones (excluding diaryl/α,β-unsaturated/α-hetero) is 1. The first-order valence-electron chi connectivity index (χ1n) is 9.63. The van der Waals surface area contributed by atoms with Crippen LogP contribution in [0.1, 0.15) is 27.9 Å². The number of carbonyl (C=O) groups is 4. The van der Waals surface area contributed by atoms with Crippen molar-refractivity contribution < 1.29 is 34.5 Å². The highest BCUT2D eigenvalue weighted by Crippen LogP contribution is 2.14. The van der Waals surface area contributed by atoms with Gasteiger partial charge in [-0.3, -0.25) is 19.2 Å². The molecule has 0 bridgehead atoms. The molecule has 0 radical (unpaired) electrons. The fourth-order valence-electron chi connectivity index (χ4n) is 2.70. The number of carboxylic acid groups (broad SMARTS) is 3. The maximum atomic E-state index is 12.1. The third-order valence-corrected chi connectivity index (χ3v) is 4.39. The molecule has 2 aromatic rings. The highest BCUT2D eigenvalue weighted by Gasteiger charge is 2.23. The van der Waals surface area contributed by atoms with Gasteiger partial charge in [-0.15, -0.1) is 0 Å². The van der Waals surface area contributed by atoms with Gasteiger partial charge in [-0.1, -0.05) is 54.6 Å². The molecule has 0 saturated heterocycles. The highest BCUT2D eigenvalue weighted by molar-refractivity contribution is 6.02. The highest BCUT2D eigenvalue weighted by atomic mass is 16.4. The third-order valence-electron chi connectivity index (χ3n) is 4.39. The van der Waals surface area contributed by atoms with E-state index in [-0.39, 0.29) is 12.0 Å². The van der Waals surface area contributed by atoms with Gasteiger partial charge in [0, 0.05) is 5.56 Å². The number of rotatable bonds is 10. The predicted molar refractivity (Wildman–Crippen MR) is 116 cm³/mol. The van der Waals surface area contributed by atoms with E-state index in [0.717, 1.165) is 5.56 Å². The molecule has 0 spiro atoms. The van der Waals surface area contributed by atoms with Crippen LogP contribution in [0, 0.1) is 0 Å². The Kier molecular flexibility index (Phi) is 10.7. The Morgan fingerprint density at radius 3 is 1.72 bits per heavy atom. The van der Waals surface area contributed by atoms with Gasteiger partial charge in [-0.05, 0) is 24.0 Å². The van der Waals surface area contributed by atoms with Crippen LogP contribution in [-0.4, -0.2) is 57.1 Å². The van der Waals surface area contributed by atoms with E-state index in [1.807, 2.05) is 30.3 Å². The number of hydrogen-bond donors (Lipinski definition) is 6. The third kappa shape index (κ3) is 9.04. The molecule has 2 rings (SSSR count). The SMILES string of the molecule is NC(Cc1ccccc1)C(=O)O.NC(Cc1ccccc1C(=O)C(N)CC(=O)O)C(=O)O. The van der Waals surface area contributed by atoms with Crippen molar-refractivity contribution in [3.8, 4) is 0 Å². The molecule has 3 unspecified atom stereocenters. The molecule has 2 aromatic carbocycles. The van der Waals surface area contributed by atoms with Crippen LogP contribution in [0.4, 0.5) is 0 Å². The van der Waals surface area contributed by atoms with Crippen molar-refractivity contribution in [2.24, 2.45) is 17.2 Å². The standard InChI is InChI=1S/C13H16N2O5.C9H11NO2/c14-9(6-11(16)17)12(18)8-4-2-1-3-7(8)5-10(15)13(19)20;10-8(9(11)12)6-7-4-2-1-3-5-7/h1-4,9-10H,5-6,14-15H2,(H,16,17)(H,19,20);1-5,8H,6,10H2,(H,11,12). The first-order chi connectivity index (χ1) is 15.0. The van der Waals surface area contributed by atoms with Gasteiger partial charge >= 0.3 is 17.9 Å². The van der Waals surface area contributed by atoms with E-state index in [1.54, 1.807) is 18.2 Å². The Labute approximate surface area is 184 Å². The lowest BCUT2D eigenvalue weighted by molar-refractivity contribution is -0.139. The van der Waals surface area contributed by atoms with Crippen LogP contribution in [0.25, 0.3) is 0 Å². The van der Waals surface area contributed by atoms with Gasteiger partial charge in [0.1, 0.15) is 12.1 Å². The number of carbonyl (C=O) groups excluding carboxylic acids is 1. The molecule has 32 heavy (non-hydrogen) atoms. The molecule has 10 heteroatoms. The van der Waals surface area contributed by atoms with Gasteiger partial charge in [0.25, 0.3) is 0 Å². The first kappa shape index (κ1) is 26.4. The lowest BCUT2D eigenvalue weighted by atomic mass is 9.94. The largest absolute Gasteiger partial charge is 0.481 e. The Balaban J connectivity index is 0.000000363. The van der Waals surface area contributed by atoms with Crippen LogP contribution in [0.2, 0.25) is 0 Å². The van der Waals surface area contributed by atoms with Gasteiger partial charge in [0.2, 0.25) is 0 Å².